The Labute approximate surface area is 139 Å². The highest BCUT2D eigenvalue weighted by Gasteiger charge is 2.31. The van der Waals surface area contributed by atoms with Crippen molar-refractivity contribution in [3.63, 3.8) is 0 Å². The first-order valence-corrected chi connectivity index (χ1v) is 8.70. The van der Waals surface area contributed by atoms with Crippen molar-refractivity contribution < 1.29 is 13.2 Å². The topological polar surface area (TPSA) is 42.2 Å². The molecule has 2 saturated carbocycles. The molecule has 1 aromatic carbocycles. The molecule has 0 bridgehead atoms. The SMILES string of the molecule is Fc1cccc(F)c1CN(Cc1nnc(C2CC2)o1)C1CCCC1. The normalized spacial score (nSPS) is 18.6. The van der Waals surface area contributed by atoms with Gasteiger partial charge in [0.25, 0.3) is 0 Å². The van der Waals surface area contributed by atoms with E-state index in [0.717, 1.165) is 38.5 Å². The van der Waals surface area contributed by atoms with Crippen molar-refractivity contribution in [1.82, 2.24) is 15.1 Å². The number of benzene rings is 1. The lowest BCUT2D eigenvalue weighted by molar-refractivity contribution is 0.158. The van der Waals surface area contributed by atoms with Crippen molar-refractivity contribution in [3.05, 3.63) is 47.2 Å². The predicted octanol–water partition coefficient (Wildman–Crippen LogP) is 4.17. The molecule has 2 fully saturated rings. The maximum absolute atomic E-state index is 14.0. The van der Waals surface area contributed by atoms with Crippen molar-refractivity contribution in [2.24, 2.45) is 0 Å². The molecule has 0 N–H and O–H groups in total. The molecule has 2 aliphatic rings. The molecule has 24 heavy (non-hydrogen) atoms. The molecule has 2 aromatic rings. The summed E-state index contributed by atoms with van der Waals surface area (Å²) in [6, 6.07) is 4.32. The average molecular weight is 333 g/mol. The molecule has 128 valence electrons. The van der Waals surface area contributed by atoms with E-state index >= 15 is 0 Å². The number of hydrogen-bond donors (Lipinski definition) is 0. The minimum Gasteiger partial charge on any atom is -0.424 e. The number of halogens is 2. The highest BCUT2D eigenvalue weighted by molar-refractivity contribution is 5.19. The van der Waals surface area contributed by atoms with Gasteiger partial charge in [0.15, 0.2) is 0 Å². The summed E-state index contributed by atoms with van der Waals surface area (Å²) >= 11 is 0. The summed E-state index contributed by atoms with van der Waals surface area (Å²) in [6.45, 7) is 0.669. The quantitative estimate of drug-likeness (QED) is 0.796. The third kappa shape index (κ3) is 3.34. The van der Waals surface area contributed by atoms with Gasteiger partial charge in [-0.25, -0.2) is 8.78 Å². The van der Waals surface area contributed by atoms with Crippen LogP contribution in [-0.4, -0.2) is 21.1 Å². The summed E-state index contributed by atoms with van der Waals surface area (Å²) in [7, 11) is 0. The van der Waals surface area contributed by atoms with E-state index < -0.39 is 11.6 Å². The van der Waals surface area contributed by atoms with Crippen LogP contribution in [0.15, 0.2) is 22.6 Å². The lowest BCUT2D eigenvalue weighted by atomic mass is 10.1. The Morgan fingerprint density at radius 1 is 1.00 bits per heavy atom. The second-order valence-electron chi connectivity index (χ2n) is 6.85. The van der Waals surface area contributed by atoms with Crippen molar-refractivity contribution in [2.75, 3.05) is 0 Å². The summed E-state index contributed by atoms with van der Waals surface area (Å²) in [4.78, 5) is 2.08. The number of hydrogen-bond acceptors (Lipinski definition) is 4. The summed E-state index contributed by atoms with van der Waals surface area (Å²) in [6.07, 6.45) is 6.60. The summed E-state index contributed by atoms with van der Waals surface area (Å²) in [5, 5.41) is 8.24. The fourth-order valence-electron chi connectivity index (χ4n) is 3.47. The van der Waals surface area contributed by atoms with Crippen LogP contribution >= 0.6 is 0 Å². The van der Waals surface area contributed by atoms with Gasteiger partial charge in [0.2, 0.25) is 11.8 Å². The zero-order chi connectivity index (χ0) is 16.5. The molecule has 1 aromatic heterocycles. The maximum atomic E-state index is 14.0. The summed E-state index contributed by atoms with van der Waals surface area (Å²) in [5.41, 5.74) is 0.117. The van der Waals surface area contributed by atoms with Crippen LogP contribution in [0.4, 0.5) is 8.78 Å². The molecule has 1 heterocycles. The molecule has 2 aliphatic carbocycles. The van der Waals surface area contributed by atoms with Crippen LogP contribution in [0.2, 0.25) is 0 Å². The smallest absolute Gasteiger partial charge is 0.230 e. The fraction of sp³-hybridized carbons (Fsp3) is 0.556. The molecule has 0 unspecified atom stereocenters. The second kappa shape index (κ2) is 6.59. The van der Waals surface area contributed by atoms with Crippen LogP contribution < -0.4 is 0 Å². The Morgan fingerprint density at radius 3 is 2.38 bits per heavy atom. The van der Waals surface area contributed by atoms with E-state index in [0.29, 0.717) is 30.3 Å². The molecule has 0 amide bonds. The predicted molar refractivity (Wildman–Crippen MR) is 84.1 cm³/mol. The molecule has 0 aliphatic heterocycles. The van der Waals surface area contributed by atoms with Gasteiger partial charge in [0.05, 0.1) is 6.54 Å². The fourth-order valence-corrected chi connectivity index (χ4v) is 3.47. The zero-order valence-corrected chi connectivity index (χ0v) is 13.5. The van der Waals surface area contributed by atoms with Crippen LogP contribution in [0.3, 0.4) is 0 Å². The Morgan fingerprint density at radius 2 is 1.71 bits per heavy atom. The Balaban J connectivity index is 1.54. The van der Waals surface area contributed by atoms with Crippen LogP contribution in [0.25, 0.3) is 0 Å². The zero-order valence-electron chi connectivity index (χ0n) is 13.5. The Bertz CT molecular complexity index is 688. The van der Waals surface area contributed by atoms with Crippen molar-refractivity contribution >= 4 is 0 Å². The highest BCUT2D eigenvalue weighted by atomic mass is 19.1. The van der Waals surface area contributed by atoms with Crippen molar-refractivity contribution in [1.29, 1.82) is 0 Å². The van der Waals surface area contributed by atoms with Crippen molar-refractivity contribution in [2.45, 2.75) is 63.6 Å². The molecular weight excluding hydrogens is 312 g/mol. The minimum absolute atomic E-state index is 0.117. The average Bonchev–Trinajstić information content (AvgIpc) is 3.09. The highest BCUT2D eigenvalue weighted by Crippen LogP contribution is 2.39. The summed E-state index contributed by atoms with van der Waals surface area (Å²) in [5.74, 6) is 0.661. The minimum atomic E-state index is -0.498. The standard InChI is InChI=1S/C18H21F2N3O/c19-15-6-3-7-16(20)14(15)10-23(13-4-1-2-5-13)11-17-21-22-18(24-17)12-8-9-12/h3,6-7,12-13H,1-2,4-5,8-11H2. The molecule has 4 nitrogen and oxygen atoms in total. The molecular formula is C18H21F2N3O. The Kier molecular flexibility index (Phi) is 4.31. The lowest BCUT2D eigenvalue weighted by Gasteiger charge is -2.27. The lowest BCUT2D eigenvalue weighted by Crippen LogP contribution is -2.33. The van der Waals surface area contributed by atoms with Gasteiger partial charge in [-0.05, 0) is 37.8 Å². The Hall–Kier alpha value is -1.82. The molecule has 0 saturated heterocycles. The molecule has 0 atom stereocenters. The van der Waals surface area contributed by atoms with Gasteiger partial charge in [-0.3, -0.25) is 4.90 Å². The second-order valence-corrected chi connectivity index (χ2v) is 6.85. The van der Waals surface area contributed by atoms with E-state index in [1.807, 2.05) is 0 Å². The van der Waals surface area contributed by atoms with E-state index in [1.54, 1.807) is 0 Å². The first-order chi connectivity index (χ1) is 11.7. The first-order valence-electron chi connectivity index (χ1n) is 8.70. The van der Waals surface area contributed by atoms with Crippen molar-refractivity contribution in [3.8, 4) is 0 Å². The largest absolute Gasteiger partial charge is 0.424 e. The molecule has 6 heteroatoms. The number of nitrogens with zero attached hydrogens (tertiary/aromatic N) is 3. The number of rotatable bonds is 6. The van der Waals surface area contributed by atoms with Crippen LogP contribution in [0.5, 0.6) is 0 Å². The third-order valence-corrected chi connectivity index (χ3v) is 5.01. The van der Waals surface area contributed by atoms with E-state index in [9.17, 15) is 8.78 Å². The first kappa shape index (κ1) is 15.7. The number of aromatic nitrogens is 2. The molecule has 0 radical (unpaired) electrons. The van der Waals surface area contributed by atoms with Gasteiger partial charge in [0, 0.05) is 24.1 Å². The van der Waals surface area contributed by atoms with E-state index in [4.69, 9.17) is 4.42 Å². The van der Waals surface area contributed by atoms with E-state index in [2.05, 4.69) is 15.1 Å². The molecule has 4 rings (SSSR count). The van der Waals surface area contributed by atoms with Gasteiger partial charge in [-0.2, -0.15) is 0 Å². The van der Waals surface area contributed by atoms with Gasteiger partial charge in [-0.1, -0.05) is 18.9 Å². The third-order valence-electron chi connectivity index (χ3n) is 5.01. The molecule has 0 spiro atoms. The van der Waals surface area contributed by atoms with Gasteiger partial charge in [0.1, 0.15) is 11.6 Å². The van der Waals surface area contributed by atoms with E-state index in [1.165, 1.54) is 18.2 Å². The van der Waals surface area contributed by atoms with Gasteiger partial charge < -0.3 is 4.42 Å². The maximum Gasteiger partial charge on any atom is 0.230 e. The van der Waals surface area contributed by atoms with Gasteiger partial charge >= 0.3 is 0 Å². The van der Waals surface area contributed by atoms with E-state index in [-0.39, 0.29) is 12.1 Å². The van der Waals surface area contributed by atoms with Crippen LogP contribution in [-0.2, 0) is 13.1 Å². The van der Waals surface area contributed by atoms with Crippen LogP contribution in [0.1, 0.15) is 61.8 Å². The summed E-state index contributed by atoms with van der Waals surface area (Å²) < 4.78 is 33.8. The van der Waals surface area contributed by atoms with Gasteiger partial charge in [-0.15, -0.1) is 10.2 Å². The monoisotopic (exact) mass is 333 g/mol. The van der Waals surface area contributed by atoms with Crippen LogP contribution in [0, 0.1) is 11.6 Å².